The van der Waals surface area contributed by atoms with Crippen LogP contribution in [0, 0.1) is 0 Å². The van der Waals surface area contributed by atoms with E-state index in [1.165, 1.54) is 6.07 Å². The van der Waals surface area contributed by atoms with E-state index < -0.39 is 0 Å². The lowest BCUT2D eigenvalue weighted by Gasteiger charge is -2.01. The number of benzene rings is 1. The summed E-state index contributed by atoms with van der Waals surface area (Å²) in [5.41, 5.74) is 1.06. The second-order valence-corrected chi connectivity index (χ2v) is 3.20. The lowest BCUT2D eigenvalue weighted by Crippen LogP contribution is -1.87. The van der Waals surface area contributed by atoms with E-state index in [1.807, 2.05) is 13.1 Å². The van der Waals surface area contributed by atoms with Gasteiger partial charge in [-0.15, -0.1) is 0 Å². The van der Waals surface area contributed by atoms with Gasteiger partial charge in [0.15, 0.2) is 11.5 Å². The molecule has 0 saturated carbocycles. The Balaban J connectivity index is 2.29. The molecule has 1 aromatic rings. The summed E-state index contributed by atoms with van der Waals surface area (Å²) in [7, 11) is 2.02. The first-order chi connectivity index (χ1) is 5.68. The fraction of sp³-hybridized carbons (Fsp3) is 0.333. The van der Waals surface area contributed by atoms with Crippen molar-refractivity contribution < 1.29 is 10.2 Å². The summed E-state index contributed by atoms with van der Waals surface area (Å²) in [6.45, 7) is 1.03. The molecule has 1 aliphatic heterocycles. The Labute approximate surface area is 70.9 Å². The second-order valence-electron chi connectivity index (χ2n) is 3.20. The van der Waals surface area contributed by atoms with E-state index in [1.54, 1.807) is 6.07 Å². The molecule has 2 atom stereocenters. The molecule has 0 aromatic heterocycles. The van der Waals surface area contributed by atoms with Gasteiger partial charge in [0.25, 0.3) is 0 Å². The van der Waals surface area contributed by atoms with Crippen molar-refractivity contribution in [3.8, 4) is 11.5 Å². The number of nitrogens with zero attached hydrogens (tertiary/aromatic N) is 1. The average Bonchev–Trinajstić information content (AvgIpc) is 2.73. The molecule has 1 heterocycles. The largest absolute Gasteiger partial charge is 0.504 e. The Morgan fingerprint density at radius 1 is 1.33 bits per heavy atom. The molecular weight excluding hydrogens is 154 g/mol. The molecule has 3 nitrogen and oxygen atoms in total. The maximum Gasteiger partial charge on any atom is 0.157 e. The van der Waals surface area contributed by atoms with Crippen LogP contribution in [0.2, 0.25) is 0 Å². The number of likely N-dealkylation sites (N-methyl/N-ethyl adjacent to an activating group) is 1. The van der Waals surface area contributed by atoms with Crippen LogP contribution < -0.4 is 0 Å². The predicted molar refractivity (Wildman–Crippen MR) is 45.1 cm³/mol. The van der Waals surface area contributed by atoms with Crippen LogP contribution in [0.25, 0.3) is 0 Å². The first-order valence-electron chi connectivity index (χ1n) is 3.90. The van der Waals surface area contributed by atoms with Crippen molar-refractivity contribution >= 4 is 0 Å². The molecule has 2 unspecified atom stereocenters. The maximum atomic E-state index is 9.19. The minimum Gasteiger partial charge on any atom is -0.504 e. The highest BCUT2D eigenvalue weighted by atomic mass is 16.3. The first-order valence-corrected chi connectivity index (χ1v) is 3.90. The van der Waals surface area contributed by atoms with Gasteiger partial charge in [0.1, 0.15) is 0 Å². The minimum absolute atomic E-state index is 0.0344. The highest BCUT2D eigenvalue weighted by molar-refractivity contribution is 5.42. The highest BCUT2D eigenvalue weighted by Crippen LogP contribution is 2.36. The normalized spacial score (nSPS) is 27.1. The van der Waals surface area contributed by atoms with Crippen LogP contribution in [0.1, 0.15) is 11.6 Å². The van der Waals surface area contributed by atoms with E-state index in [2.05, 4.69) is 4.90 Å². The fourth-order valence-electron chi connectivity index (χ4n) is 1.33. The predicted octanol–water partition coefficient (Wildman–Crippen LogP) is 1.08. The molecule has 2 rings (SSSR count). The first kappa shape index (κ1) is 7.43. The van der Waals surface area contributed by atoms with Crippen molar-refractivity contribution in [2.45, 2.75) is 6.04 Å². The van der Waals surface area contributed by atoms with Crippen molar-refractivity contribution in [1.29, 1.82) is 0 Å². The van der Waals surface area contributed by atoms with Gasteiger partial charge in [-0.2, -0.15) is 0 Å². The monoisotopic (exact) mass is 165 g/mol. The molecule has 3 heteroatoms. The standard InChI is InChI=1S/C9H11NO2/c1-10-5-7(10)6-2-3-8(11)9(12)4-6/h2-4,7,11-12H,5H2,1H3. The van der Waals surface area contributed by atoms with Crippen molar-refractivity contribution in [3.05, 3.63) is 23.8 Å². The lowest BCUT2D eigenvalue weighted by atomic mass is 10.1. The van der Waals surface area contributed by atoms with E-state index in [4.69, 9.17) is 5.11 Å². The van der Waals surface area contributed by atoms with Crippen LogP contribution in [0.15, 0.2) is 18.2 Å². The number of phenolic OH excluding ortho intramolecular Hbond substituents is 2. The van der Waals surface area contributed by atoms with Gasteiger partial charge in [-0.1, -0.05) is 6.07 Å². The summed E-state index contributed by atoms with van der Waals surface area (Å²) in [6, 6.07) is 5.40. The molecule has 64 valence electrons. The third-order valence-corrected chi connectivity index (χ3v) is 2.24. The summed E-state index contributed by atoms with van der Waals surface area (Å²) < 4.78 is 0. The number of phenols is 2. The molecule has 0 spiro atoms. The van der Waals surface area contributed by atoms with Crippen molar-refractivity contribution in [2.75, 3.05) is 13.6 Å². The molecule has 0 bridgehead atoms. The topological polar surface area (TPSA) is 43.5 Å². The van der Waals surface area contributed by atoms with E-state index in [0.717, 1.165) is 12.1 Å². The minimum atomic E-state index is -0.0537. The summed E-state index contributed by atoms with van der Waals surface area (Å²) >= 11 is 0. The van der Waals surface area contributed by atoms with Gasteiger partial charge < -0.3 is 10.2 Å². The van der Waals surface area contributed by atoms with Crippen LogP contribution in [0.5, 0.6) is 11.5 Å². The Morgan fingerprint density at radius 2 is 2.00 bits per heavy atom. The van der Waals surface area contributed by atoms with E-state index in [-0.39, 0.29) is 11.5 Å². The van der Waals surface area contributed by atoms with Gasteiger partial charge in [-0.05, 0) is 24.7 Å². The van der Waals surface area contributed by atoms with Crippen LogP contribution in [0.3, 0.4) is 0 Å². The van der Waals surface area contributed by atoms with Crippen molar-refractivity contribution in [1.82, 2.24) is 4.90 Å². The Bertz CT molecular complexity index is 311. The van der Waals surface area contributed by atoms with E-state index in [0.29, 0.717) is 6.04 Å². The van der Waals surface area contributed by atoms with Crippen LogP contribution >= 0.6 is 0 Å². The number of hydrogen-bond acceptors (Lipinski definition) is 3. The molecule has 1 aliphatic rings. The SMILES string of the molecule is CN1CC1c1ccc(O)c(O)c1. The molecule has 1 saturated heterocycles. The summed E-state index contributed by atoms with van der Waals surface area (Å²) in [4.78, 5) is 2.16. The number of hydrogen-bond donors (Lipinski definition) is 2. The Hall–Kier alpha value is -1.22. The summed E-state index contributed by atoms with van der Waals surface area (Å²) in [6.07, 6.45) is 0. The maximum absolute atomic E-state index is 9.19. The smallest absolute Gasteiger partial charge is 0.157 e. The van der Waals surface area contributed by atoms with Crippen molar-refractivity contribution in [2.24, 2.45) is 0 Å². The zero-order valence-electron chi connectivity index (χ0n) is 6.86. The molecule has 0 amide bonds. The van der Waals surface area contributed by atoms with Gasteiger partial charge in [-0.25, -0.2) is 0 Å². The van der Waals surface area contributed by atoms with Crippen LogP contribution in [-0.2, 0) is 0 Å². The number of rotatable bonds is 1. The van der Waals surface area contributed by atoms with E-state index in [9.17, 15) is 5.11 Å². The quantitative estimate of drug-likeness (QED) is 0.483. The van der Waals surface area contributed by atoms with Crippen LogP contribution in [0.4, 0.5) is 0 Å². The van der Waals surface area contributed by atoms with Crippen molar-refractivity contribution in [3.63, 3.8) is 0 Å². The molecule has 1 fully saturated rings. The van der Waals surface area contributed by atoms with Gasteiger partial charge in [-0.3, -0.25) is 4.90 Å². The number of aromatic hydroxyl groups is 2. The molecule has 0 radical (unpaired) electrons. The highest BCUT2D eigenvalue weighted by Gasteiger charge is 2.31. The van der Waals surface area contributed by atoms with Gasteiger partial charge in [0, 0.05) is 12.6 Å². The summed E-state index contributed by atoms with van der Waals surface area (Å²) in [5, 5.41) is 18.2. The Kier molecular flexibility index (Phi) is 1.48. The second kappa shape index (κ2) is 2.38. The summed E-state index contributed by atoms with van der Waals surface area (Å²) in [5.74, 6) is -0.0881. The molecule has 0 aliphatic carbocycles. The third kappa shape index (κ3) is 1.12. The third-order valence-electron chi connectivity index (χ3n) is 2.24. The molecule has 2 N–H and O–H groups in total. The van der Waals surface area contributed by atoms with Gasteiger partial charge >= 0.3 is 0 Å². The average molecular weight is 165 g/mol. The zero-order chi connectivity index (χ0) is 8.72. The zero-order valence-corrected chi connectivity index (χ0v) is 6.86. The molecule has 1 aromatic carbocycles. The van der Waals surface area contributed by atoms with Gasteiger partial charge in [0.2, 0.25) is 0 Å². The fourth-order valence-corrected chi connectivity index (χ4v) is 1.33. The molecular formula is C9H11NO2. The Morgan fingerprint density at radius 3 is 2.50 bits per heavy atom. The van der Waals surface area contributed by atoms with Gasteiger partial charge in [0.05, 0.1) is 0 Å². The lowest BCUT2D eigenvalue weighted by molar-refractivity contribution is 0.403. The van der Waals surface area contributed by atoms with Crippen LogP contribution in [-0.4, -0.2) is 28.7 Å². The van der Waals surface area contributed by atoms with E-state index >= 15 is 0 Å². The molecule has 12 heavy (non-hydrogen) atoms.